The van der Waals surface area contributed by atoms with Crippen LogP contribution in [-0.2, 0) is 0 Å². The van der Waals surface area contributed by atoms with Crippen molar-refractivity contribution in [1.82, 2.24) is 10.2 Å². The molecule has 2 saturated carbocycles. The van der Waals surface area contributed by atoms with Crippen LogP contribution >= 0.6 is 0 Å². The molecule has 0 aromatic heterocycles. The molecule has 0 unspecified atom stereocenters. The van der Waals surface area contributed by atoms with Gasteiger partial charge in [-0.1, -0.05) is 12.8 Å². The van der Waals surface area contributed by atoms with Gasteiger partial charge in [-0.15, -0.1) is 0 Å². The average Bonchev–Trinajstić information content (AvgIpc) is 2.94. The van der Waals surface area contributed by atoms with Crippen molar-refractivity contribution in [2.75, 3.05) is 13.1 Å². The van der Waals surface area contributed by atoms with Gasteiger partial charge in [-0.05, 0) is 31.6 Å². The quantitative estimate of drug-likeness (QED) is 0.735. The minimum absolute atomic E-state index is 0.0486. The summed E-state index contributed by atoms with van der Waals surface area (Å²) in [5.74, 6) is 0.683. The van der Waals surface area contributed by atoms with Crippen LogP contribution in [0.1, 0.15) is 38.5 Å². The van der Waals surface area contributed by atoms with E-state index >= 15 is 0 Å². The van der Waals surface area contributed by atoms with Gasteiger partial charge < -0.3 is 16.0 Å². The average molecular weight is 223 g/mol. The number of amides is 2. The van der Waals surface area contributed by atoms with Gasteiger partial charge in [-0.25, -0.2) is 4.79 Å². The van der Waals surface area contributed by atoms with E-state index in [4.69, 9.17) is 5.73 Å². The second-order valence-electron chi connectivity index (χ2n) is 5.79. The second-order valence-corrected chi connectivity index (χ2v) is 5.79. The minimum atomic E-state index is -0.0486. The predicted molar refractivity (Wildman–Crippen MR) is 62.0 cm³/mol. The molecular weight excluding hydrogens is 202 g/mol. The molecule has 90 valence electrons. The number of nitrogens with two attached hydrogens (primary N) is 1. The first-order valence-electron chi connectivity index (χ1n) is 6.52. The zero-order valence-corrected chi connectivity index (χ0v) is 9.74. The summed E-state index contributed by atoms with van der Waals surface area (Å²) in [5, 5.41) is 3.11. The summed E-state index contributed by atoms with van der Waals surface area (Å²) in [6.07, 6.45) is 7.33. The van der Waals surface area contributed by atoms with E-state index in [0.717, 1.165) is 25.9 Å². The summed E-state index contributed by atoms with van der Waals surface area (Å²) in [5.41, 5.74) is 6.17. The summed E-state index contributed by atoms with van der Waals surface area (Å²) in [7, 11) is 0. The lowest BCUT2D eigenvalue weighted by Crippen LogP contribution is -2.71. The Bertz CT molecular complexity index is 289. The van der Waals surface area contributed by atoms with Gasteiger partial charge in [0.2, 0.25) is 0 Å². The smallest absolute Gasteiger partial charge is 0.317 e. The SMILES string of the molecule is NC1(C2CC2)CN(C(=O)NC2CCCC2)C1. The van der Waals surface area contributed by atoms with Crippen LogP contribution in [0.3, 0.4) is 0 Å². The first kappa shape index (κ1) is 10.4. The molecule has 3 rings (SSSR count). The zero-order chi connectivity index (χ0) is 11.2. The van der Waals surface area contributed by atoms with Crippen LogP contribution in [0, 0.1) is 5.92 Å². The summed E-state index contributed by atoms with van der Waals surface area (Å²) in [4.78, 5) is 13.7. The van der Waals surface area contributed by atoms with E-state index in [0.29, 0.717) is 12.0 Å². The van der Waals surface area contributed by atoms with Crippen molar-refractivity contribution in [3.63, 3.8) is 0 Å². The number of likely N-dealkylation sites (tertiary alicyclic amines) is 1. The Labute approximate surface area is 96.5 Å². The Morgan fingerprint density at radius 1 is 1.19 bits per heavy atom. The molecule has 3 fully saturated rings. The molecule has 2 amide bonds. The van der Waals surface area contributed by atoms with E-state index in [-0.39, 0.29) is 11.6 Å². The van der Waals surface area contributed by atoms with Crippen molar-refractivity contribution in [1.29, 1.82) is 0 Å². The lowest BCUT2D eigenvalue weighted by atomic mass is 9.86. The van der Waals surface area contributed by atoms with Gasteiger partial charge in [-0.3, -0.25) is 0 Å². The van der Waals surface area contributed by atoms with Crippen LogP contribution in [0.2, 0.25) is 0 Å². The van der Waals surface area contributed by atoms with Gasteiger partial charge in [0.05, 0.1) is 5.54 Å². The number of nitrogens with one attached hydrogen (secondary N) is 1. The predicted octanol–water partition coefficient (Wildman–Crippen LogP) is 1.06. The third-order valence-electron chi connectivity index (χ3n) is 4.33. The molecule has 0 bridgehead atoms. The maximum atomic E-state index is 11.9. The molecule has 3 aliphatic rings. The van der Waals surface area contributed by atoms with Crippen molar-refractivity contribution < 1.29 is 4.79 Å². The molecular formula is C12H21N3O. The van der Waals surface area contributed by atoms with E-state index in [1.807, 2.05) is 4.90 Å². The minimum Gasteiger partial charge on any atom is -0.335 e. The highest BCUT2D eigenvalue weighted by molar-refractivity contribution is 5.76. The Morgan fingerprint density at radius 3 is 2.38 bits per heavy atom. The Balaban J connectivity index is 1.46. The third kappa shape index (κ3) is 1.79. The van der Waals surface area contributed by atoms with E-state index in [9.17, 15) is 4.79 Å². The van der Waals surface area contributed by atoms with Crippen LogP contribution in [0.25, 0.3) is 0 Å². The standard InChI is InChI=1S/C12H21N3O/c13-12(9-5-6-9)7-15(8-12)11(16)14-10-3-1-2-4-10/h9-10H,1-8,13H2,(H,14,16). The molecule has 1 saturated heterocycles. The van der Waals surface area contributed by atoms with Crippen molar-refractivity contribution in [3.8, 4) is 0 Å². The van der Waals surface area contributed by atoms with Crippen LogP contribution < -0.4 is 11.1 Å². The lowest BCUT2D eigenvalue weighted by Gasteiger charge is -2.48. The Kier molecular flexibility index (Phi) is 2.35. The van der Waals surface area contributed by atoms with Crippen LogP contribution in [0.5, 0.6) is 0 Å². The molecule has 0 atom stereocenters. The normalized spacial score (nSPS) is 28.9. The van der Waals surface area contributed by atoms with Gasteiger partial charge >= 0.3 is 6.03 Å². The third-order valence-corrected chi connectivity index (χ3v) is 4.33. The van der Waals surface area contributed by atoms with Crippen molar-refractivity contribution in [2.24, 2.45) is 11.7 Å². The van der Waals surface area contributed by atoms with Gasteiger partial charge in [0.15, 0.2) is 0 Å². The number of hydrogen-bond donors (Lipinski definition) is 2. The van der Waals surface area contributed by atoms with Crippen LogP contribution in [0.4, 0.5) is 4.79 Å². The fourth-order valence-corrected chi connectivity index (χ4v) is 3.06. The lowest BCUT2D eigenvalue weighted by molar-refractivity contribution is 0.0802. The number of urea groups is 1. The molecule has 0 aromatic rings. The molecule has 3 N–H and O–H groups in total. The highest BCUT2D eigenvalue weighted by Crippen LogP contribution is 2.42. The van der Waals surface area contributed by atoms with Gasteiger partial charge in [0.25, 0.3) is 0 Å². The zero-order valence-electron chi connectivity index (χ0n) is 9.74. The van der Waals surface area contributed by atoms with Gasteiger partial charge in [0, 0.05) is 19.1 Å². The molecule has 4 nitrogen and oxygen atoms in total. The molecule has 1 aliphatic heterocycles. The summed E-state index contributed by atoms with van der Waals surface area (Å²) in [6, 6.07) is 0.523. The van der Waals surface area contributed by atoms with Crippen molar-refractivity contribution in [2.45, 2.75) is 50.1 Å². The number of nitrogens with zero attached hydrogens (tertiary/aromatic N) is 1. The molecule has 0 radical (unpaired) electrons. The molecule has 16 heavy (non-hydrogen) atoms. The number of hydrogen-bond acceptors (Lipinski definition) is 2. The van der Waals surface area contributed by atoms with Gasteiger partial charge in [0.1, 0.15) is 0 Å². The van der Waals surface area contributed by atoms with E-state index in [2.05, 4.69) is 5.32 Å². The molecule has 0 spiro atoms. The molecule has 1 heterocycles. The number of carbonyl (C=O) groups excluding carboxylic acids is 1. The monoisotopic (exact) mass is 223 g/mol. The molecule has 4 heteroatoms. The highest BCUT2D eigenvalue weighted by Gasteiger charge is 2.51. The van der Waals surface area contributed by atoms with E-state index in [1.54, 1.807) is 0 Å². The Hall–Kier alpha value is -0.770. The van der Waals surface area contributed by atoms with Crippen LogP contribution in [0.15, 0.2) is 0 Å². The number of carbonyl (C=O) groups is 1. The fraction of sp³-hybridized carbons (Fsp3) is 0.917. The second kappa shape index (κ2) is 3.62. The maximum Gasteiger partial charge on any atom is 0.317 e. The molecule has 2 aliphatic carbocycles. The largest absolute Gasteiger partial charge is 0.335 e. The maximum absolute atomic E-state index is 11.9. The number of rotatable bonds is 2. The summed E-state index contributed by atoms with van der Waals surface area (Å²) >= 11 is 0. The van der Waals surface area contributed by atoms with E-state index in [1.165, 1.54) is 25.7 Å². The first-order valence-corrected chi connectivity index (χ1v) is 6.52. The van der Waals surface area contributed by atoms with E-state index < -0.39 is 0 Å². The first-order chi connectivity index (χ1) is 7.67. The molecule has 0 aromatic carbocycles. The van der Waals surface area contributed by atoms with Crippen molar-refractivity contribution >= 4 is 6.03 Å². The summed E-state index contributed by atoms with van der Waals surface area (Å²) < 4.78 is 0. The van der Waals surface area contributed by atoms with Crippen molar-refractivity contribution in [3.05, 3.63) is 0 Å². The highest BCUT2D eigenvalue weighted by atomic mass is 16.2. The Morgan fingerprint density at radius 2 is 1.81 bits per heavy atom. The topological polar surface area (TPSA) is 58.4 Å². The van der Waals surface area contributed by atoms with Gasteiger partial charge in [-0.2, -0.15) is 0 Å². The summed E-state index contributed by atoms with van der Waals surface area (Å²) in [6.45, 7) is 1.52. The van der Waals surface area contributed by atoms with Crippen LogP contribution in [-0.4, -0.2) is 35.6 Å². The fourth-order valence-electron chi connectivity index (χ4n) is 3.06.